The molecule has 1 saturated carbocycles. The fourth-order valence-electron chi connectivity index (χ4n) is 4.18. The Morgan fingerprint density at radius 2 is 1.95 bits per heavy atom. The second-order valence-corrected chi connectivity index (χ2v) is 6.78. The molecule has 0 amide bonds. The van der Waals surface area contributed by atoms with Gasteiger partial charge in [-0.15, -0.1) is 0 Å². The minimum Gasteiger partial charge on any atom is -0.378 e. The van der Waals surface area contributed by atoms with Gasteiger partial charge in [0.05, 0.1) is 6.10 Å². The lowest BCUT2D eigenvalue weighted by molar-refractivity contribution is 0.0266. The van der Waals surface area contributed by atoms with Gasteiger partial charge >= 0.3 is 0 Å². The van der Waals surface area contributed by atoms with E-state index in [0.717, 1.165) is 32.2 Å². The molecule has 0 aromatic carbocycles. The molecule has 0 aromatic rings. The van der Waals surface area contributed by atoms with Gasteiger partial charge in [-0.1, -0.05) is 20.3 Å². The fourth-order valence-corrected chi connectivity index (χ4v) is 4.18. The highest BCUT2D eigenvalue weighted by molar-refractivity contribution is 4.95. The topological polar surface area (TPSA) is 38.5 Å². The molecule has 3 nitrogen and oxygen atoms in total. The predicted octanol–water partition coefficient (Wildman–Crippen LogP) is 3.18. The molecule has 1 unspecified atom stereocenters. The van der Waals surface area contributed by atoms with Crippen LogP contribution in [0.1, 0.15) is 65.2 Å². The van der Waals surface area contributed by atoms with Gasteiger partial charge in [0, 0.05) is 25.2 Å². The molecule has 1 atom stereocenters. The van der Waals surface area contributed by atoms with Gasteiger partial charge in [-0.3, -0.25) is 4.90 Å². The predicted molar refractivity (Wildman–Crippen MR) is 84.9 cm³/mol. The van der Waals surface area contributed by atoms with Crippen molar-refractivity contribution >= 4 is 0 Å². The van der Waals surface area contributed by atoms with Crippen LogP contribution in [0.2, 0.25) is 0 Å². The molecule has 1 heterocycles. The lowest BCUT2D eigenvalue weighted by atomic mass is 9.74. The van der Waals surface area contributed by atoms with Crippen LogP contribution in [0.25, 0.3) is 0 Å². The third-order valence-electron chi connectivity index (χ3n) is 5.79. The van der Waals surface area contributed by atoms with Crippen molar-refractivity contribution in [2.75, 3.05) is 26.2 Å². The quantitative estimate of drug-likeness (QED) is 0.779. The van der Waals surface area contributed by atoms with E-state index in [0.29, 0.717) is 6.10 Å². The summed E-state index contributed by atoms with van der Waals surface area (Å²) in [4.78, 5) is 2.67. The third kappa shape index (κ3) is 3.75. The Kier molecular flexibility index (Phi) is 6.31. The van der Waals surface area contributed by atoms with E-state index in [1.807, 2.05) is 0 Å². The van der Waals surface area contributed by atoms with Crippen LogP contribution < -0.4 is 5.73 Å². The Morgan fingerprint density at radius 3 is 2.45 bits per heavy atom. The van der Waals surface area contributed by atoms with E-state index in [1.165, 1.54) is 51.4 Å². The lowest BCUT2D eigenvalue weighted by Gasteiger charge is -2.47. The summed E-state index contributed by atoms with van der Waals surface area (Å²) >= 11 is 0. The van der Waals surface area contributed by atoms with E-state index in [1.54, 1.807) is 0 Å². The number of hydrogen-bond donors (Lipinski definition) is 1. The first kappa shape index (κ1) is 16.3. The highest BCUT2D eigenvalue weighted by Crippen LogP contribution is 2.37. The van der Waals surface area contributed by atoms with Crippen molar-refractivity contribution < 1.29 is 4.74 Å². The number of nitrogens with zero attached hydrogens (tertiary/aromatic N) is 1. The monoisotopic (exact) mass is 282 g/mol. The summed E-state index contributed by atoms with van der Waals surface area (Å²) in [6.07, 6.45) is 10.8. The van der Waals surface area contributed by atoms with Crippen molar-refractivity contribution in [3.63, 3.8) is 0 Å². The van der Waals surface area contributed by atoms with Crippen molar-refractivity contribution in [3.05, 3.63) is 0 Å². The minimum absolute atomic E-state index is 0.277. The summed E-state index contributed by atoms with van der Waals surface area (Å²) in [6, 6.07) is 0. The summed E-state index contributed by atoms with van der Waals surface area (Å²) in [6.45, 7) is 8.70. The normalized spacial score (nSPS) is 34.8. The van der Waals surface area contributed by atoms with E-state index in [2.05, 4.69) is 18.7 Å². The average molecular weight is 282 g/mol. The first-order valence-corrected chi connectivity index (χ1v) is 8.80. The largest absolute Gasteiger partial charge is 0.378 e. The van der Waals surface area contributed by atoms with Gasteiger partial charge in [-0.2, -0.15) is 0 Å². The maximum atomic E-state index is 6.21. The molecule has 3 heteroatoms. The second kappa shape index (κ2) is 7.77. The van der Waals surface area contributed by atoms with Crippen molar-refractivity contribution in [1.29, 1.82) is 0 Å². The Balaban J connectivity index is 1.89. The smallest absolute Gasteiger partial charge is 0.0588 e. The minimum atomic E-state index is 0.277. The zero-order valence-electron chi connectivity index (χ0n) is 13.6. The first-order valence-electron chi connectivity index (χ1n) is 8.80. The summed E-state index contributed by atoms with van der Waals surface area (Å²) in [5.74, 6) is 0.937. The Labute approximate surface area is 125 Å². The standard InChI is InChI=1S/C17H34N2O/c1-3-15-7-10-17(14-18,11-8-15)19(4-2)12-9-16-6-5-13-20-16/h15-16H,3-14,18H2,1-2H3. The Bertz CT molecular complexity index is 268. The lowest BCUT2D eigenvalue weighted by Crippen LogP contribution is -2.56. The number of likely N-dealkylation sites (N-methyl/N-ethyl adjacent to an activating group) is 1. The number of nitrogens with two attached hydrogens (primary N) is 1. The van der Waals surface area contributed by atoms with E-state index < -0.39 is 0 Å². The van der Waals surface area contributed by atoms with Gasteiger partial charge in [-0.25, -0.2) is 0 Å². The Morgan fingerprint density at radius 1 is 1.20 bits per heavy atom. The van der Waals surface area contributed by atoms with Crippen molar-refractivity contribution in [2.45, 2.75) is 76.9 Å². The molecule has 1 saturated heterocycles. The Hall–Kier alpha value is -0.120. The zero-order chi connectivity index (χ0) is 14.4. The second-order valence-electron chi connectivity index (χ2n) is 6.78. The molecule has 1 aliphatic heterocycles. The van der Waals surface area contributed by atoms with Crippen molar-refractivity contribution in [1.82, 2.24) is 4.90 Å². The van der Waals surface area contributed by atoms with Crippen molar-refractivity contribution in [2.24, 2.45) is 11.7 Å². The van der Waals surface area contributed by atoms with E-state index in [-0.39, 0.29) is 5.54 Å². The number of ether oxygens (including phenoxy) is 1. The van der Waals surface area contributed by atoms with Gasteiger partial charge in [0.15, 0.2) is 0 Å². The SMILES string of the molecule is CCC1CCC(CN)(N(CC)CCC2CCCO2)CC1. The maximum Gasteiger partial charge on any atom is 0.0588 e. The molecule has 0 bridgehead atoms. The molecule has 118 valence electrons. The molecule has 20 heavy (non-hydrogen) atoms. The summed E-state index contributed by atoms with van der Waals surface area (Å²) in [7, 11) is 0. The van der Waals surface area contributed by atoms with Gasteiger partial charge in [0.1, 0.15) is 0 Å². The van der Waals surface area contributed by atoms with Crippen LogP contribution in [0.3, 0.4) is 0 Å². The summed E-state index contributed by atoms with van der Waals surface area (Å²) in [5.41, 5.74) is 6.49. The zero-order valence-corrected chi connectivity index (χ0v) is 13.6. The average Bonchev–Trinajstić information content (AvgIpc) is 3.01. The van der Waals surface area contributed by atoms with Crippen molar-refractivity contribution in [3.8, 4) is 0 Å². The van der Waals surface area contributed by atoms with Gasteiger partial charge < -0.3 is 10.5 Å². The first-order chi connectivity index (χ1) is 9.74. The summed E-state index contributed by atoms with van der Waals surface area (Å²) < 4.78 is 5.78. The molecule has 1 aliphatic carbocycles. The van der Waals surface area contributed by atoms with Crippen LogP contribution in [0.15, 0.2) is 0 Å². The van der Waals surface area contributed by atoms with Crippen LogP contribution in [0, 0.1) is 5.92 Å². The number of rotatable bonds is 7. The third-order valence-corrected chi connectivity index (χ3v) is 5.79. The van der Waals surface area contributed by atoms with Crippen LogP contribution >= 0.6 is 0 Å². The molecule has 0 spiro atoms. The fraction of sp³-hybridized carbons (Fsp3) is 1.00. The van der Waals surface area contributed by atoms with Crippen LogP contribution in [-0.4, -0.2) is 42.8 Å². The molecule has 2 rings (SSSR count). The molecule has 2 aliphatic rings. The van der Waals surface area contributed by atoms with E-state index in [4.69, 9.17) is 10.5 Å². The van der Waals surface area contributed by atoms with Crippen LogP contribution in [0.4, 0.5) is 0 Å². The van der Waals surface area contributed by atoms with Crippen LogP contribution in [0.5, 0.6) is 0 Å². The molecule has 0 aromatic heterocycles. The molecule has 0 radical (unpaired) electrons. The summed E-state index contributed by atoms with van der Waals surface area (Å²) in [5, 5.41) is 0. The highest BCUT2D eigenvalue weighted by Gasteiger charge is 2.38. The number of hydrogen-bond acceptors (Lipinski definition) is 3. The van der Waals surface area contributed by atoms with E-state index >= 15 is 0 Å². The molecule has 2 fully saturated rings. The van der Waals surface area contributed by atoms with Crippen LogP contribution in [-0.2, 0) is 4.74 Å². The molecule has 2 N–H and O–H groups in total. The van der Waals surface area contributed by atoms with Gasteiger partial charge in [0.2, 0.25) is 0 Å². The molecular formula is C17H34N2O. The van der Waals surface area contributed by atoms with Gasteiger partial charge in [0.25, 0.3) is 0 Å². The van der Waals surface area contributed by atoms with E-state index in [9.17, 15) is 0 Å². The highest BCUT2D eigenvalue weighted by atomic mass is 16.5. The molecular weight excluding hydrogens is 248 g/mol. The van der Waals surface area contributed by atoms with Gasteiger partial charge in [-0.05, 0) is 57.4 Å². The maximum absolute atomic E-state index is 6.21.